The zero-order valence-electron chi connectivity index (χ0n) is 27.8. The number of carboxylic acid groups (broad SMARTS) is 2. The summed E-state index contributed by atoms with van der Waals surface area (Å²) in [6.45, 7) is 1.28. The summed E-state index contributed by atoms with van der Waals surface area (Å²) >= 11 is 0. The monoisotopic (exact) mass is 703 g/mol. The van der Waals surface area contributed by atoms with Gasteiger partial charge in [0.2, 0.25) is 23.6 Å². The van der Waals surface area contributed by atoms with Crippen LogP contribution in [-0.4, -0.2) is 109 Å². The first-order valence-electron chi connectivity index (χ1n) is 16.5. The molecule has 2 aromatic carbocycles. The lowest BCUT2D eigenvalue weighted by Gasteiger charge is -2.30. The Labute approximate surface area is 291 Å². The third-order valence-corrected chi connectivity index (χ3v) is 9.06. The number of aliphatic carboxylic acids is 2. The average molecular weight is 704 g/mol. The highest BCUT2D eigenvalue weighted by molar-refractivity contribution is 5.97. The van der Waals surface area contributed by atoms with Gasteiger partial charge in [-0.1, -0.05) is 36.4 Å². The van der Waals surface area contributed by atoms with Crippen LogP contribution in [0.15, 0.2) is 60.9 Å². The van der Waals surface area contributed by atoms with Crippen molar-refractivity contribution in [3.8, 4) is 0 Å². The van der Waals surface area contributed by atoms with Gasteiger partial charge in [0.25, 0.3) is 0 Å². The number of likely N-dealkylation sites (tertiary alicyclic amines) is 1. The van der Waals surface area contributed by atoms with Crippen molar-refractivity contribution in [1.82, 2.24) is 30.8 Å². The molecule has 0 radical (unpaired) electrons. The maximum absolute atomic E-state index is 13.8. The van der Waals surface area contributed by atoms with Crippen molar-refractivity contribution in [2.45, 2.75) is 75.3 Å². The van der Waals surface area contributed by atoms with Crippen LogP contribution in [-0.2, 0) is 41.6 Å². The number of fused-ring (bicyclic) bond motifs is 2. The maximum atomic E-state index is 13.8. The molecule has 0 unspecified atom stereocenters. The highest BCUT2D eigenvalue weighted by atomic mass is 16.4. The molecule has 270 valence electrons. The highest BCUT2D eigenvalue weighted by Crippen LogP contribution is 2.23. The lowest BCUT2D eigenvalue weighted by atomic mass is 10.0. The van der Waals surface area contributed by atoms with Gasteiger partial charge in [-0.25, -0.2) is 4.79 Å². The van der Waals surface area contributed by atoms with Crippen LogP contribution in [0, 0.1) is 0 Å². The number of para-hydroxylation sites is 2. The molecule has 0 aliphatic carbocycles. The van der Waals surface area contributed by atoms with Gasteiger partial charge in [0.15, 0.2) is 6.04 Å². The van der Waals surface area contributed by atoms with Gasteiger partial charge in [-0.15, -0.1) is 0 Å². The number of amides is 4. The lowest BCUT2D eigenvalue weighted by Crippen LogP contribution is -2.59. The summed E-state index contributed by atoms with van der Waals surface area (Å²) in [5.41, 5.74) is 9.22. The number of nitrogens with two attached hydrogens (primary N) is 1. The third-order valence-electron chi connectivity index (χ3n) is 9.06. The molecular weight excluding hydrogens is 662 g/mol. The number of H-pyrrole nitrogens is 2. The molecule has 16 nitrogen and oxygen atoms in total. The molecule has 0 bridgehead atoms. The van der Waals surface area contributed by atoms with Gasteiger partial charge in [0.1, 0.15) is 18.1 Å². The number of hydrogen-bond donors (Lipinski definition) is 9. The van der Waals surface area contributed by atoms with E-state index in [-0.39, 0.29) is 25.8 Å². The van der Waals surface area contributed by atoms with E-state index in [4.69, 9.17) is 5.73 Å². The number of hydrogen-bond acceptors (Lipinski definition) is 8. The molecule has 51 heavy (non-hydrogen) atoms. The zero-order valence-corrected chi connectivity index (χ0v) is 27.8. The van der Waals surface area contributed by atoms with Gasteiger partial charge in [-0.3, -0.25) is 24.0 Å². The number of aromatic amines is 2. The Hall–Kier alpha value is -5.74. The van der Waals surface area contributed by atoms with Crippen LogP contribution in [0.3, 0.4) is 0 Å². The summed E-state index contributed by atoms with van der Waals surface area (Å²) in [5.74, 6) is -6.00. The predicted octanol–water partition coefficient (Wildman–Crippen LogP) is 0.147. The molecule has 0 saturated carbocycles. The van der Waals surface area contributed by atoms with Crippen molar-refractivity contribution < 1.29 is 44.1 Å². The van der Waals surface area contributed by atoms with Crippen molar-refractivity contribution in [2.75, 3.05) is 6.54 Å². The van der Waals surface area contributed by atoms with E-state index in [0.29, 0.717) is 12.0 Å². The molecule has 5 rings (SSSR count). The van der Waals surface area contributed by atoms with Gasteiger partial charge in [-0.05, 0) is 49.4 Å². The number of nitrogens with one attached hydrogen (secondary N) is 5. The lowest BCUT2D eigenvalue weighted by molar-refractivity contribution is -0.146. The van der Waals surface area contributed by atoms with Crippen LogP contribution < -0.4 is 21.7 Å². The fraction of sp³-hybridized carbons (Fsp3) is 0.371. The summed E-state index contributed by atoms with van der Waals surface area (Å²) < 4.78 is 0. The van der Waals surface area contributed by atoms with Crippen molar-refractivity contribution in [1.29, 1.82) is 0 Å². The molecule has 16 heteroatoms. The van der Waals surface area contributed by atoms with E-state index in [0.717, 1.165) is 27.4 Å². The molecule has 4 aromatic rings. The fourth-order valence-electron chi connectivity index (χ4n) is 6.43. The summed E-state index contributed by atoms with van der Waals surface area (Å²) in [6.07, 6.45) is 1.76. The standard InChI is InChI=1S/C35H41N7O9/c1-18(43)30(35(50)51)41-32(47)26(14-20-17-38-25-10-5-3-8-22(20)25)39-33(48)28-11-6-12-42(28)34(49)27(15-29(44)45)40-31(46)23(36)13-19-16-37-24-9-4-2-7-21(19)24/h2-5,7-10,16-18,23,26-28,30,37-38,43H,6,11-15,36H2,1H3,(H,39,48)(H,40,46)(H,41,47)(H,44,45)(H,50,51)/t18-,23+,26+,27+,28+,30+/m1/s1. The number of carbonyl (C=O) groups excluding carboxylic acids is 4. The number of carboxylic acids is 2. The molecule has 3 heterocycles. The Morgan fingerprint density at radius 1 is 0.843 bits per heavy atom. The average Bonchev–Trinajstić information content (AvgIpc) is 3.85. The van der Waals surface area contributed by atoms with Crippen LogP contribution in [0.1, 0.15) is 37.3 Å². The quantitative estimate of drug-likeness (QED) is 0.0809. The second kappa shape index (κ2) is 15.9. The minimum absolute atomic E-state index is 0.0690. The Morgan fingerprint density at radius 3 is 2.00 bits per heavy atom. The molecule has 6 atom stereocenters. The highest BCUT2D eigenvalue weighted by Gasteiger charge is 2.40. The zero-order chi connectivity index (χ0) is 36.8. The topological polar surface area (TPSA) is 260 Å². The van der Waals surface area contributed by atoms with Gasteiger partial charge >= 0.3 is 11.9 Å². The first-order chi connectivity index (χ1) is 24.3. The number of rotatable bonds is 15. The molecule has 0 spiro atoms. The van der Waals surface area contributed by atoms with Crippen LogP contribution in [0.5, 0.6) is 0 Å². The summed E-state index contributed by atoms with van der Waals surface area (Å²) in [5, 5.41) is 38.2. The second-order valence-corrected chi connectivity index (χ2v) is 12.7. The normalized spacial score (nSPS) is 17.3. The summed E-state index contributed by atoms with van der Waals surface area (Å²) in [7, 11) is 0. The number of benzene rings is 2. The number of aliphatic hydroxyl groups is 1. The molecule has 10 N–H and O–H groups in total. The van der Waals surface area contributed by atoms with Crippen molar-refractivity contribution >= 4 is 57.4 Å². The molecule has 1 aliphatic rings. The SMILES string of the molecule is C[C@@H](O)[C@H](NC(=O)[C@H](Cc1c[nH]c2ccccc12)NC(=O)[C@@H]1CCCN1C(=O)[C@H](CC(=O)O)NC(=O)[C@@H](N)Cc1c[nH]c2ccccc12)C(=O)O. The van der Waals surface area contributed by atoms with Crippen molar-refractivity contribution in [3.05, 3.63) is 72.1 Å². The first kappa shape index (κ1) is 36.5. The first-order valence-corrected chi connectivity index (χ1v) is 16.5. The molecule has 4 amide bonds. The van der Waals surface area contributed by atoms with E-state index in [1.165, 1.54) is 11.8 Å². The summed E-state index contributed by atoms with van der Waals surface area (Å²) in [6, 6.07) is 7.91. The molecule has 1 saturated heterocycles. The maximum Gasteiger partial charge on any atom is 0.328 e. The fourth-order valence-corrected chi connectivity index (χ4v) is 6.43. The molecule has 1 fully saturated rings. The predicted molar refractivity (Wildman–Crippen MR) is 184 cm³/mol. The van der Waals surface area contributed by atoms with Gasteiger partial charge in [0, 0.05) is 47.2 Å². The molecule has 1 aliphatic heterocycles. The van der Waals surface area contributed by atoms with Crippen LogP contribution in [0.25, 0.3) is 21.8 Å². The Bertz CT molecular complexity index is 1940. The van der Waals surface area contributed by atoms with Crippen LogP contribution in [0.4, 0.5) is 0 Å². The Morgan fingerprint density at radius 2 is 1.43 bits per heavy atom. The van der Waals surface area contributed by atoms with E-state index < -0.39 is 78.3 Å². The van der Waals surface area contributed by atoms with E-state index >= 15 is 0 Å². The summed E-state index contributed by atoms with van der Waals surface area (Å²) in [4.78, 5) is 85.2. The van der Waals surface area contributed by atoms with Crippen molar-refractivity contribution in [2.24, 2.45) is 5.73 Å². The smallest absolute Gasteiger partial charge is 0.328 e. The second-order valence-electron chi connectivity index (χ2n) is 12.7. The van der Waals surface area contributed by atoms with E-state index in [2.05, 4.69) is 25.9 Å². The Kier molecular flexibility index (Phi) is 11.4. The van der Waals surface area contributed by atoms with Gasteiger partial charge in [0.05, 0.1) is 18.6 Å². The number of carbonyl (C=O) groups is 6. The van der Waals surface area contributed by atoms with Crippen molar-refractivity contribution in [3.63, 3.8) is 0 Å². The number of aliphatic hydroxyl groups excluding tert-OH is 1. The van der Waals surface area contributed by atoms with E-state index in [9.17, 15) is 44.1 Å². The largest absolute Gasteiger partial charge is 0.481 e. The van der Waals surface area contributed by atoms with Crippen LogP contribution in [0.2, 0.25) is 0 Å². The molecular formula is C35H41N7O9. The number of aromatic nitrogens is 2. The minimum atomic E-state index is -1.66. The third kappa shape index (κ3) is 8.53. The Balaban J connectivity index is 1.32. The van der Waals surface area contributed by atoms with Gasteiger partial charge in [-0.2, -0.15) is 0 Å². The van der Waals surface area contributed by atoms with Crippen LogP contribution >= 0.6 is 0 Å². The van der Waals surface area contributed by atoms with Gasteiger partial charge < -0.3 is 51.9 Å². The van der Waals surface area contributed by atoms with E-state index in [1.807, 2.05) is 42.5 Å². The number of nitrogens with zero attached hydrogens (tertiary/aromatic N) is 1. The van der Waals surface area contributed by atoms with E-state index in [1.54, 1.807) is 18.5 Å². The molecule has 2 aromatic heterocycles. The minimum Gasteiger partial charge on any atom is -0.481 e.